The van der Waals surface area contributed by atoms with Crippen LogP contribution in [-0.4, -0.2) is 16.6 Å². The van der Waals surface area contributed by atoms with Gasteiger partial charge in [-0.2, -0.15) is 0 Å². The summed E-state index contributed by atoms with van der Waals surface area (Å²) in [5.41, 5.74) is 7.81. The van der Waals surface area contributed by atoms with Gasteiger partial charge in [0.15, 0.2) is 0 Å². The Balaban J connectivity index is 1.96. The van der Waals surface area contributed by atoms with Crippen LogP contribution < -0.4 is 5.73 Å². The summed E-state index contributed by atoms with van der Waals surface area (Å²) in [4.78, 5) is 4.33. The van der Waals surface area contributed by atoms with Crippen LogP contribution in [-0.2, 0) is 0 Å². The van der Waals surface area contributed by atoms with Crippen molar-refractivity contribution in [3.8, 4) is 0 Å². The van der Waals surface area contributed by atoms with E-state index in [1.54, 1.807) is 6.20 Å². The largest absolute Gasteiger partial charge is 0.388 e. The van der Waals surface area contributed by atoms with Crippen LogP contribution in [0.5, 0.6) is 0 Å². The Hall–Kier alpha value is -1.45. The Morgan fingerprint density at radius 2 is 2.00 bits per heavy atom. The molecule has 3 heteroatoms. The molecule has 0 amide bonds. The van der Waals surface area contributed by atoms with Gasteiger partial charge in [-0.1, -0.05) is 31.4 Å². The van der Waals surface area contributed by atoms with Gasteiger partial charge in [0.25, 0.3) is 0 Å². The lowest BCUT2D eigenvalue weighted by atomic mass is 9.68. The zero-order valence-electron chi connectivity index (χ0n) is 11.8. The number of rotatable bonds is 3. The maximum absolute atomic E-state index is 10.9. The molecule has 20 heavy (non-hydrogen) atoms. The number of benzene rings is 1. The van der Waals surface area contributed by atoms with E-state index < -0.39 is 6.10 Å². The molecule has 3 nitrogen and oxygen atoms in total. The minimum atomic E-state index is -0.475. The summed E-state index contributed by atoms with van der Waals surface area (Å²) in [5, 5.41) is 11.9. The van der Waals surface area contributed by atoms with Gasteiger partial charge >= 0.3 is 0 Å². The Morgan fingerprint density at radius 1 is 1.20 bits per heavy atom. The van der Waals surface area contributed by atoms with Gasteiger partial charge in [0.1, 0.15) is 0 Å². The second kappa shape index (κ2) is 5.51. The van der Waals surface area contributed by atoms with Crippen LogP contribution in [0.15, 0.2) is 36.5 Å². The number of aliphatic hydroxyl groups excluding tert-OH is 1. The minimum absolute atomic E-state index is 0.145. The first-order chi connectivity index (χ1) is 9.75. The highest BCUT2D eigenvalue weighted by molar-refractivity contribution is 5.79. The molecular weight excluding hydrogens is 248 g/mol. The Morgan fingerprint density at radius 3 is 2.75 bits per heavy atom. The molecule has 1 aliphatic carbocycles. The lowest BCUT2D eigenvalue weighted by Crippen LogP contribution is -2.38. The number of hydrogen-bond acceptors (Lipinski definition) is 3. The van der Waals surface area contributed by atoms with Crippen molar-refractivity contribution in [2.75, 3.05) is 6.54 Å². The van der Waals surface area contributed by atoms with Crippen molar-refractivity contribution in [3.05, 3.63) is 42.1 Å². The fourth-order valence-corrected chi connectivity index (χ4v) is 3.46. The molecule has 0 aliphatic heterocycles. The van der Waals surface area contributed by atoms with Crippen LogP contribution in [0.2, 0.25) is 0 Å². The molecular formula is C17H22N2O. The summed E-state index contributed by atoms with van der Waals surface area (Å²) >= 11 is 0. The van der Waals surface area contributed by atoms with Crippen molar-refractivity contribution in [2.45, 2.75) is 38.2 Å². The van der Waals surface area contributed by atoms with E-state index in [4.69, 9.17) is 5.73 Å². The van der Waals surface area contributed by atoms with E-state index in [0.717, 1.165) is 29.3 Å². The average Bonchev–Trinajstić information content (AvgIpc) is 2.54. The third-order valence-corrected chi connectivity index (χ3v) is 4.78. The summed E-state index contributed by atoms with van der Waals surface area (Å²) in [6.07, 6.45) is 6.97. The number of fused-ring (bicyclic) bond motifs is 1. The molecule has 1 aliphatic rings. The molecule has 1 aromatic carbocycles. The second-order valence-corrected chi connectivity index (χ2v) is 5.99. The monoisotopic (exact) mass is 270 g/mol. The SMILES string of the molecule is NCC1(C(O)c2ccc3ncccc3c2)CCCCC1. The van der Waals surface area contributed by atoms with E-state index in [9.17, 15) is 5.11 Å². The molecule has 106 valence electrons. The smallest absolute Gasteiger partial charge is 0.0858 e. The van der Waals surface area contributed by atoms with E-state index in [2.05, 4.69) is 11.1 Å². The van der Waals surface area contributed by atoms with Crippen LogP contribution in [0, 0.1) is 5.41 Å². The Kier molecular flexibility index (Phi) is 3.72. The first-order valence-electron chi connectivity index (χ1n) is 7.48. The number of nitrogens with two attached hydrogens (primary N) is 1. The Bertz CT molecular complexity index is 590. The Labute approximate surface area is 119 Å². The van der Waals surface area contributed by atoms with E-state index in [0.29, 0.717) is 6.54 Å². The highest BCUT2D eigenvalue weighted by Gasteiger charge is 2.38. The zero-order chi connectivity index (χ0) is 14.0. The van der Waals surface area contributed by atoms with Gasteiger partial charge < -0.3 is 10.8 Å². The maximum atomic E-state index is 10.9. The molecule has 1 atom stereocenters. The summed E-state index contributed by atoms with van der Waals surface area (Å²) in [6, 6.07) is 10.00. The molecule has 1 unspecified atom stereocenters. The number of nitrogens with zero attached hydrogens (tertiary/aromatic N) is 1. The molecule has 0 spiro atoms. The number of hydrogen-bond donors (Lipinski definition) is 2. The van der Waals surface area contributed by atoms with Gasteiger partial charge in [-0.3, -0.25) is 4.98 Å². The van der Waals surface area contributed by atoms with Gasteiger partial charge in [0.2, 0.25) is 0 Å². The van der Waals surface area contributed by atoms with E-state index in [1.807, 2.05) is 24.3 Å². The highest BCUT2D eigenvalue weighted by atomic mass is 16.3. The van der Waals surface area contributed by atoms with Gasteiger partial charge in [-0.15, -0.1) is 0 Å². The van der Waals surface area contributed by atoms with Crippen LogP contribution in [0.25, 0.3) is 10.9 Å². The van der Waals surface area contributed by atoms with Crippen molar-refractivity contribution < 1.29 is 5.11 Å². The van der Waals surface area contributed by atoms with Crippen molar-refractivity contribution in [2.24, 2.45) is 11.1 Å². The quantitative estimate of drug-likeness (QED) is 0.900. The predicted octanol–water partition coefficient (Wildman–Crippen LogP) is 3.18. The maximum Gasteiger partial charge on any atom is 0.0858 e. The first kappa shape index (κ1) is 13.5. The molecule has 1 aromatic heterocycles. The number of aliphatic hydroxyl groups is 1. The van der Waals surface area contributed by atoms with E-state index in [-0.39, 0.29) is 5.41 Å². The average molecular weight is 270 g/mol. The van der Waals surface area contributed by atoms with Crippen molar-refractivity contribution >= 4 is 10.9 Å². The van der Waals surface area contributed by atoms with Crippen LogP contribution in [0.4, 0.5) is 0 Å². The molecule has 3 rings (SSSR count). The summed E-state index contributed by atoms with van der Waals surface area (Å²) < 4.78 is 0. The lowest BCUT2D eigenvalue weighted by Gasteiger charge is -2.40. The van der Waals surface area contributed by atoms with Gasteiger partial charge in [0.05, 0.1) is 11.6 Å². The summed E-state index contributed by atoms with van der Waals surface area (Å²) in [6.45, 7) is 0.555. The summed E-state index contributed by atoms with van der Waals surface area (Å²) in [5.74, 6) is 0. The number of aromatic nitrogens is 1. The molecule has 0 radical (unpaired) electrons. The van der Waals surface area contributed by atoms with E-state index >= 15 is 0 Å². The van der Waals surface area contributed by atoms with Gasteiger partial charge in [-0.25, -0.2) is 0 Å². The zero-order valence-corrected chi connectivity index (χ0v) is 11.8. The van der Waals surface area contributed by atoms with Crippen LogP contribution >= 0.6 is 0 Å². The number of pyridine rings is 1. The summed E-state index contributed by atoms with van der Waals surface area (Å²) in [7, 11) is 0. The highest BCUT2D eigenvalue weighted by Crippen LogP contribution is 2.45. The fourth-order valence-electron chi connectivity index (χ4n) is 3.46. The molecule has 3 N–H and O–H groups in total. The standard InChI is InChI=1S/C17H22N2O/c18-12-17(8-2-1-3-9-17)16(20)14-6-7-15-13(11-14)5-4-10-19-15/h4-7,10-11,16,20H,1-3,8-9,12,18H2. The second-order valence-electron chi connectivity index (χ2n) is 5.99. The molecule has 0 saturated heterocycles. The van der Waals surface area contributed by atoms with E-state index in [1.165, 1.54) is 19.3 Å². The normalized spacial score (nSPS) is 19.9. The molecule has 2 aromatic rings. The topological polar surface area (TPSA) is 59.1 Å². The third-order valence-electron chi connectivity index (χ3n) is 4.78. The molecule has 1 saturated carbocycles. The van der Waals surface area contributed by atoms with Crippen LogP contribution in [0.3, 0.4) is 0 Å². The van der Waals surface area contributed by atoms with Gasteiger partial charge in [-0.05, 0) is 36.6 Å². The molecule has 1 heterocycles. The fraction of sp³-hybridized carbons (Fsp3) is 0.471. The molecule has 1 fully saturated rings. The first-order valence-corrected chi connectivity index (χ1v) is 7.48. The van der Waals surface area contributed by atoms with Crippen LogP contribution in [0.1, 0.15) is 43.8 Å². The van der Waals surface area contributed by atoms with Crippen molar-refractivity contribution in [1.82, 2.24) is 4.98 Å². The lowest BCUT2D eigenvalue weighted by molar-refractivity contribution is 0.000780. The van der Waals surface area contributed by atoms with Gasteiger partial charge in [0, 0.05) is 23.5 Å². The third kappa shape index (κ3) is 2.32. The van der Waals surface area contributed by atoms with Crippen molar-refractivity contribution in [3.63, 3.8) is 0 Å². The minimum Gasteiger partial charge on any atom is -0.388 e. The van der Waals surface area contributed by atoms with Crippen molar-refractivity contribution in [1.29, 1.82) is 0 Å². The molecule has 0 bridgehead atoms. The predicted molar refractivity (Wildman–Crippen MR) is 81.3 cm³/mol.